The van der Waals surface area contributed by atoms with Crippen molar-refractivity contribution in [2.24, 2.45) is 0 Å². The molecule has 1 heterocycles. The lowest BCUT2D eigenvalue weighted by atomic mass is 10.3. The van der Waals surface area contributed by atoms with Gasteiger partial charge in [0, 0.05) is 39.4 Å². The van der Waals surface area contributed by atoms with Crippen molar-refractivity contribution in [3.8, 4) is 0 Å². The summed E-state index contributed by atoms with van der Waals surface area (Å²) < 4.78 is 36.8. The van der Waals surface area contributed by atoms with Gasteiger partial charge in [-0.1, -0.05) is 13.8 Å². The van der Waals surface area contributed by atoms with Crippen molar-refractivity contribution in [1.82, 2.24) is 9.62 Å². The summed E-state index contributed by atoms with van der Waals surface area (Å²) in [5.41, 5.74) is 0. The average molecular weight is 318 g/mol. The number of hydrogen-bond donors (Lipinski definition) is 1. The number of methoxy groups -OCH3 is 1. The van der Waals surface area contributed by atoms with Gasteiger partial charge >= 0.3 is 0 Å². The molecule has 0 saturated carbocycles. The molecule has 1 aromatic heterocycles. The number of hydrogen-bond acceptors (Lipinski definition) is 5. The Morgan fingerprint density at radius 2 is 2.10 bits per heavy atom. The summed E-state index contributed by atoms with van der Waals surface area (Å²) in [7, 11) is -0.339. The van der Waals surface area contributed by atoms with Crippen molar-refractivity contribution in [1.29, 1.82) is 0 Å². The van der Waals surface area contributed by atoms with Crippen molar-refractivity contribution in [2.45, 2.75) is 44.7 Å². The van der Waals surface area contributed by atoms with E-state index in [0.29, 0.717) is 43.7 Å². The van der Waals surface area contributed by atoms with Crippen LogP contribution in [0.15, 0.2) is 15.4 Å². The molecule has 0 saturated heterocycles. The first-order valence-electron chi connectivity index (χ1n) is 7.07. The number of rotatable bonds is 9. The fraction of sp³-hybridized carbons (Fsp3) is 0.714. The van der Waals surface area contributed by atoms with Crippen LogP contribution in [0.5, 0.6) is 0 Å². The first kappa shape index (κ1) is 18.2. The summed E-state index contributed by atoms with van der Waals surface area (Å²) >= 11 is 0. The normalized spacial score (nSPS) is 12.5. The van der Waals surface area contributed by atoms with Crippen LogP contribution in [0.2, 0.25) is 0 Å². The third-order valence-electron chi connectivity index (χ3n) is 3.12. The van der Waals surface area contributed by atoms with Gasteiger partial charge in [-0.15, -0.1) is 0 Å². The molecule has 0 fully saturated rings. The number of aryl methyl sites for hydroxylation is 1. The van der Waals surface area contributed by atoms with E-state index < -0.39 is 10.0 Å². The highest BCUT2D eigenvalue weighted by molar-refractivity contribution is 7.89. The van der Waals surface area contributed by atoms with Crippen LogP contribution in [0.3, 0.4) is 0 Å². The first-order valence-corrected chi connectivity index (χ1v) is 8.51. The Morgan fingerprint density at radius 1 is 1.43 bits per heavy atom. The summed E-state index contributed by atoms with van der Waals surface area (Å²) in [6, 6.07) is 1.92. The molecule has 0 aliphatic carbocycles. The van der Waals surface area contributed by atoms with Gasteiger partial charge in [-0.3, -0.25) is 0 Å². The summed E-state index contributed by atoms with van der Waals surface area (Å²) in [5.74, 6) is 1.05. The third kappa shape index (κ3) is 5.10. The van der Waals surface area contributed by atoms with Crippen molar-refractivity contribution in [3.05, 3.63) is 17.6 Å². The minimum atomic E-state index is -3.51. The molecule has 6 nitrogen and oxygen atoms in total. The van der Waals surface area contributed by atoms with E-state index in [1.807, 2.05) is 13.8 Å². The SMILES string of the molecule is COCCCN(C)S(=O)(=O)c1cc(CNC(C)C)oc1C. The molecule has 0 bridgehead atoms. The molecule has 0 atom stereocenters. The Kier molecular flexibility index (Phi) is 6.86. The van der Waals surface area contributed by atoms with Gasteiger partial charge in [0.05, 0.1) is 6.54 Å². The van der Waals surface area contributed by atoms with Gasteiger partial charge in [0.2, 0.25) is 10.0 Å². The van der Waals surface area contributed by atoms with Crippen LogP contribution in [-0.2, 0) is 21.3 Å². The van der Waals surface area contributed by atoms with Crippen LogP contribution in [0, 0.1) is 6.92 Å². The van der Waals surface area contributed by atoms with Crippen molar-refractivity contribution in [2.75, 3.05) is 27.3 Å². The molecule has 7 heteroatoms. The largest absolute Gasteiger partial charge is 0.464 e. The highest BCUT2D eigenvalue weighted by Crippen LogP contribution is 2.23. The van der Waals surface area contributed by atoms with Crippen LogP contribution >= 0.6 is 0 Å². The molecule has 0 aliphatic heterocycles. The Labute approximate surface area is 127 Å². The van der Waals surface area contributed by atoms with E-state index >= 15 is 0 Å². The van der Waals surface area contributed by atoms with Crippen molar-refractivity contribution < 1.29 is 17.6 Å². The van der Waals surface area contributed by atoms with Gasteiger partial charge in [-0.05, 0) is 13.3 Å². The molecular formula is C14H26N2O4S. The highest BCUT2D eigenvalue weighted by Gasteiger charge is 2.25. The number of nitrogens with one attached hydrogen (secondary N) is 1. The lowest BCUT2D eigenvalue weighted by Gasteiger charge is -2.16. The quantitative estimate of drug-likeness (QED) is 0.702. The van der Waals surface area contributed by atoms with Gasteiger partial charge in [0.25, 0.3) is 0 Å². The molecule has 0 radical (unpaired) electrons. The molecule has 1 rings (SSSR count). The fourth-order valence-corrected chi connectivity index (χ4v) is 3.28. The fourth-order valence-electron chi connectivity index (χ4n) is 1.89. The molecule has 1 aromatic rings. The maximum Gasteiger partial charge on any atom is 0.246 e. The van der Waals surface area contributed by atoms with E-state index in [1.54, 1.807) is 27.1 Å². The van der Waals surface area contributed by atoms with Crippen LogP contribution in [0.1, 0.15) is 31.8 Å². The Morgan fingerprint density at radius 3 is 2.67 bits per heavy atom. The van der Waals surface area contributed by atoms with Crippen molar-refractivity contribution >= 4 is 10.0 Å². The summed E-state index contributed by atoms with van der Waals surface area (Å²) in [6.45, 7) is 7.19. The van der Waals surface area contributed by atoms with Gasteiger partial charge < -0.3 is 14.5 Å². The van der Waals surface area contributed by atoms with E-state index in [2.05, 4.69) is 5.32 Å². The van der Waals surface area contributed by atoms with Crippen LogP contribution < -0.4 is 5.32 Å². The lowest BCUT2D eigenvalue weighted by Crippen LogP contribution is -2.28. The standard InChI is InChI=1S/C14H26N2O4S/c1-11(2)15-10-13-9-14(12(3)20-13)21(17,18)16(4)7-6-8-19-5/h9,11,15H,6-8,10H2,1-5H3. The number of furan rings is 1. The van der Waals surface area contributed by atoms with E-state index in [4.69, 9.17) is 9.15 Å². The highest BCUT2D eigenvalue weighted by atomic mass is 32.2. The zero-order chi connectivity index (χ0) is 16.0. The smallest absolute Gasteiger partial charge is 0.246 e. The molecular weight excluding hydrogens is 292 g/mol. The van der Waals surface area contributed by atoms with E-state index in [1.165, 1.54) is 4.31 Å². The maximum atomic E-state index is 12.5. The second-order valence-electron chi connectivity index (χ2n) is 5.34. The van der Waals surface area contributed by atoms with Gasteiger partial charge in [-0.25, -0.2) is 12.7 Å². The molecule has 0 unspecified atom stereocenters. The Hall–Kier alpha value is -0.890. The predicted octanol–water partition coefficient (Wildman–Crippen LogP) is 1.74. The van der Waals surface area contributed by atoms with Gasteiger partial charge in [-0.2, -0.15) is 0 Å². The second kappa shape index (κ2) is 7.93. The zero-order valence-corrected chi connectivity index (χ0v) is 14.3. The Balaban J connectivity index is 2.82. The number of ether oxygens (including phenoxy) is 1. The molecule has 21 heavy (non-hydrogen) atoms. The monoisotopic (exact) mass is 318 g/mol. The number of sulfonamides is 1. The third-order valence-corrected chi connectivity index (χ3v) is 5.08. The maximum absolute atomic E-state index is 12.5. The lowest BCUT2D eigenvalue weighted by molar-refractivity contribution is 0.189. The van der Waals surface area contributed by atoms with E-state index in [9.17, 15) is 8.42 Å². The van der Waals surface area contributed by atoms with E-state index in [0.717, 1.165) is 0 Å². The molecule has 0 aromatic carbocycles. The number of nitrogens with zero attached hydrogens (tertiary/aromatic N) is 1. The molecule has 0 spiro atoms. The van der Waals surface area contributed by atoms with Crippen molar-refractivity contribution in [3.63, 3.8) is 0 Å². The minimum absolute atomic E-state index is 0.239. The second-order valence-corrected chi connectivity index (χ2v) is 7.35. The zero-order valence-electron chi connectivity index (χ0n) is 13.5. The van der Waals surface area contributed by atoms with Crippen LogP contribution in [-0.4, -0.2) is 46.1 Å². The predicted molar refractivity (Wildman–Crippen MR) is 81.7 cm³/mol. The van der Waals surface area contributed by atoms with Crippen LogP contribution in [0.25, 0.3) is 0 Å². The van der Waals surface area contributed by atoms with Gasteiger partial charge in [0.15, 0.2) is 0 Å². The topological polar surface area (TPSA) is 71.8 Å². The van der Waals surface area contributed by atoms with Crippen LogP contribution in [0.4, 0.5) is 0 Å². The van der Waals surface area contributed by atoms with Gasteiger partial charge in [0.1, 0.15) is 16.4 Å². The summed E-state index contributed by atoms with van der Waals surface area (Å²) in [6.07, 6.45) is 0.658. The molecule has 0 amide bonds. The molecule has 0 aliphatic rings. The molecule has 1 N–H and O–H groups in total. The minimum Gasteiger partial charge on any atom is -0.464 e. The summed E-state index contributed by atoms with van der Waals surface area (Å²) in [5, 5.41) is 3.21. The first-order chi connectivity index (χ1) is 9.78. The molecule has 122 valence electrons. The average Bonchev–Trinajstić information content (AvgIpc) is 2.78. The Bertz CT molecular complexity index is 537. The van der Waals surface area contributed by atoms with E-state index in [-0.39, 0.29) is 4.90 Å². The summed E-state index contributed by atoms with van der Waals surface area (Å²) in [4.78, 5) is 0.239.